The van der Waals surface area contributed by atoms with E-state index in [2.05, 4.69) is 5.32 Å². The highest BCUT2D eigenvalue weighted by Crippen LogP contribution is 2.34. The number of piperidine rings is 2. The number of nitrogens with zero attached hydrogens (tertiary/aromatic N) is 2. The van der Waals surface area contributed by atoms with Crippen molar-refractivity contribution in [3.63, 3.8) is 0 Å². The number of imide groups is 1. The van der Waals surface area contributed by atoms with Crippen molar-refractivity contribution in [2.24, 2.45) is 5.92 Å². The van der Waals surface area contributed by atoms with Gasteiger partial charge in [0.15, 0.2) is 0 Å². The van der Waals surface area contributed by atoms with Gasteiger partial charge in [0, 0.05) is 37.5 Å². The summed E-state index contributed by atoms with van der Waals surface area (Å²) in [6.45, 7) is 1.56. The predicted octanol–water partition coefficient (Wildman–Crippen LogP) is 2.33. The number of carbonyl (C=O) groups is 4. The molecule has 1 saturated carbocycles. The first-order chi connectivity index (χ1) is 16.4. The first-order valence-electron chi connectivity index (χ1n) is 12.3. The van der Waals surface area contributed by atoms with Crippen molar-refractivity contribution >= 4 is 29.7 Å². The molecule has 1 unspecified atom stereocenters. The van der Waals surface area contributed by atoms with E-state index in [0.29, 0.717) is 24.3 Å². The summed E-state index contributed by atoms with van der Waals surface area (Å²) in [4.78, 5) is 50.9. The molecule has 9 heteroatoms. The fourth-order valence-corrected chi connectivity index (χ4v) is 5.68. The summed E-state index contributed by atoms with van der Waals surface area (Å²) in [5.74, 6) is -1.45. The van der Waals surface area contributed by atoms with Gasteiger partial charge in [0.2, 0.25) is 11.8 Å². The Bertz CT molecular complexity index is 999. The third-order valence-electron chi connectivity index (χ3n) is 7.67. The zero-order valence-electron chi connectivity index (χ0n) is 19.1. The average Bonchev–Trinajstić information content (AvgIpc) is 3.15. The fourth-order valence-electron chi connectivity index (χ4n) is 5.68. The van der Waals surface area contributed by atoms with Crippen LogP contribution in [0.5, 0.6) is 0 Å². The van der Waals surface area contributed by atoms with E-state index in [9.17, 15) is 19.2 Å². The Morgan fingerprint density at radius 3 is 2.35 bits per heavy atom. The average molecular weight is 472 g/mol. The van der Waals surface area contributed by atoms with E-state index in [4.69, 9.17) is 4.74 Å². The maximum Gasteiger partial charge on any atom is 0.255 e. The second kappa shape index (κ2) is 9.44. The van der Waals surface area contributed by atoms with E-state index in [1.54, 1.807) is 6.07 Å². The van der Waals surface area contributed by atoms with Gasteiger partial charge in [0.25, 0.3) is 5.91 Å². The number of benzene rings is 1. The van der Waals surface area contributed by atoms with Gasteiger partial charge in [0.05, 0.1) is 17.9 Å². The van der Waals surface area contributed by atoms with Gasteiger partial charge in [-0.25, -0.2) is 4.39 Å². The standard InChI is InChI=1S/C25H30FN3O5/c26-20-12-19-16(13-29(25(19)33)21-5-6-23(31)27-24(21)32)11-22(20)28-9-7-18(8-10-28)34-17-3-1-15(14-30)2-4-17/h11-12,14-15,17-18,21H,1-10,13H2,(H,27,31,32). The first kappa shape index (κ1) is 23.0. The van der Waals surface area contributed by atoms with E-state index in [-0.39, 0.29) is 54.9 Å². The third-order valence-corrected chi connectivity index (χ3v) is 7.67. The lowest BCUT2D eigenvalue weighted by molar-refractivity contribution is -0.137. The number of fused-ring (bicyclic) bond motifs is 1. The smallest absolute Gasteiger partial charge is 0.255 e. The summed E-state index contributed by atoms with van der Waals surface area (Å²) in [7, 11) is 0. The molecule has 0 spiro atoms. The highest BCUT2D eigenvalue weighted by Gasteiger charge is 2.40. The zero-order valence-corrected chi connectivity index (χ0v) is 19.1. The number of amides is 3. The molecule has 0 aromatic heterocycles. The number of halogens is 1. The highest BCUT2D eigenvalue weighted by molar-refractivity contribution is 6.05. The van der Waals surface area contributed by atoms with Crippen molar-refractivity contribution in [2.45, 2.75) is 76.2 Å². The summed E-state index contributed by atoms with van der Waals surface area (Å²) in [5, 5.41) is 2.28. The number of ether oxygens (including phenoxy) is 1. The molecule has 1 N–H and O–H groups in total. The minimum absolute atomic E-state index is 0.135. The first-order valence-corrected chi connectivity index (χ1v) is 12.3. The normalized spacial score (nSPS) is 28.1. The van der Waals surface area contributed by atoms with Crippen LogP contribution in [0.25, 0.3) is 0 Å². The number of anilines is 1. The summed E-state index contributed by atoms with van der Waals surface area (Å²) >= 11 is 0. The van der Waals surface area contributed by atoms with E-state index in [1.807, 2.05) is 4.90 Å². The molecule has 3 heterocycles. The Balaban J connectivity index is 1.21. The molecular weight excluding hydrogens is 441 g/mol. The molecule has 3 aliphatic heterocycles. The lowest BCUT2D eigenvalue weighted by Gasteiger charge is -2.36. The number of aldehydes is 1. The van der Waals surface area contributed by atoms with Crippen LogP contribution in [0.15, 0.2) is 12.1 Å². The van der Waals surface area contributed by atoms with Gasteiger partial charge in [-0.05, 0) is 62.6 Å². The van der Waals surface area contributed by atoms with Gasteiger partial charge >= 0.3 is 0 Å². The minimum atomic E-state index is -0.710. The van der Waals surface area contributed by atoms with Crippen molar-refractivity contribution in [1.82, 2.24) is 10.2 Å². The molecular formula is C25H30FN3O5. The minimum Gasteiger partial charge on any atom is -0.375 e. The van der Waals surface area contributed by atoms with Gasteiger partial charge in [-0.3, -0.25) is 19.7 Å². The van der Waals surface area contributed by atoms with Crippen LogP contribution in [0.2, 0.25) is 0 Å². The SMILES string of the molecule is O=CC1CCC(OC2CCN(c3cc4c(cc3F)C(=O)N(C3CCC(=O)NC3=O)C4)CC2)CC1. The monoisotopic (exact) mass is 471 g/mol. The van der Waals surface area contributed by atoms with E-state index in [0.717, 1.165) is 44.8 Å². The van der Waals surface area contributed by atoms with Crippen LogP contribution in [-0.2, 0) is 25.7 Å². The molecule has 182 valence electrons. The molecule has 3 fully saturated rings. The van der Waals surface area contributed by atoms with Crippen molar-refractivity contribution in [1.29, 1.82) is 0 Å². The molecule has 1 aromatic carbocycles. The summed E-state index contributed by atoms with van der Waals surface area (Å²) in [6.07, 6.45) is 7.07. The zero-order chi connectivity index (χ0) is 23.8. The highest BCUT2D eigenvalue weighted by atomic mass is 19.1. The van der Waals surface area contributed by atoms with Crippen molar-refractivity contribution in [3.05, 3.63) is 29.1 Å². The van der Waals surface area contributed by atoms with Crippen LogP contribution in [-0.4, -0.2) is 60.2 Å². The molecule has 1 aliphatic carbocycles. The van der Waals surface area contributed by atoms with Crippen LogP contribution in [0.4, 0.5) is 10.1 Å². The van der Waals surface area contributed by atoms with Crippen molar-refractivity contribution in [2.75, 3.05) is 18.0 Å². The van der Waals surface area contributed by atoms with Crippen LogP contribution in [0, 0.1) is 11.7 Å². The van der Waals surface area contributed by atoms with E-state index < -0.39 is 17.8 Å². The van der Waals surface area contributed by atoms with Crippen molar-refractivity contribution in [3.8, 4) is 0 Å². The molecule has 1 atom stereocenters. The maximum absolute atomic E-state index is 15.0. The molecule has 5 rings (SSSR count). The van der Waals surface area contributed by atoms with Crippen molar-refractivity contribution < 1.29 is 28.3 Å². The molecule has 34 heavy (non-hydrogen) atoms. The predicted molar refractivity (Wildman–Crippen MR) is 121 cm³/mol. The quantitative estimate of drug-likeness (QED) is 0.523. The van der Waals surface area contributed by atoms with Crippen LogP contribution in [0.1, 0.15) is 67.3 Å². The summed E-state index contributed by atoms with van der Waals surface area (Å²) < 4.78 is 21.3. The number of rotatable bonds is 5. The fraction of sp³-hybridized carbons (Fsp3) is 0.600. The van der Waals surface area contributed by atoms with E-state index >= 15 is 4.39 Å². The van der Waals surface area contributed by atoms with Gasteiger partial charge in [0.1, 0.15) is 18.1 Å². The largest absolute Gasteiger partial charge is 0.375 e. The molecule has 0 bridgehead atoms. The number of carbonyl (C=O) groups excluding carboxylic acids is 4. The van der Waals surface area contributed by atoms with E-state index in [1.165, 1.54) is 11.0 Å². The summed E-state index contributed by atoms with van der Waals surface area (Å²) in [6, 6.07) is 2.31. The molecule has 3 amide bonds. The van der Waals surface area contributed by atoms with Crippen LogP contribution >= 0.6 is 0 Å². The molecule has 0 radical (unpaired) electrons. The van der Waals surface area contributed by atoms with Gasteiger partial charge in [-0.2, -0.15) is 0 Å². The number of hydrogen-bond donors (Lipinski definition) is 1. The second-order valence-electron chi connectivity index (χ2n) is 9.86. The Kier molecular flexibility index (Phi) is 6.38. The third kappa shape index (κ3) is 4.45. The molecule has 1 aromatic rings. The Hall–Kier alpha value is -2.81. The Labute approximate surface area is 197 Å². The van der Waals surface area contributed by atoms with Crippen LogP contribution < -0.4 is 10.2 Å². The molecule has 4 aliphatic rings. The maximum atomic E-state index is 15.0. The topological polar surface area (TPSA) is 96.0 Å². The van der Waals surface area contributed by atoms with Crippen LogP contribution in [0.3, 0.4) is 0 Å². The second-order valence-corrected chi connectivity index (χ2v) is 9.86. The lowest BCUT2D eigenvalue weighted by Crippen LogP contribution is -2.52. The van der Waals surface area contributed by atoms with Gasteiger partial charge in [-0.1, -0.05) is 0 Å². The molecule has 8 nitrogen and oxygen atoms in total. The molecule has 2 saturated heterocycles. The number of nitrogens with one attached hydrogen (secondary N) is 1. The van der Waals surface area contributed by atoms with Gasteiger partial charge in [-0.15, -0.1) is 0 Å². The Morgan fingerprint density at radius 1 is 0.971 bits per heavy atom. The summed E-state index contributed by atoms with van der Waals surface area (Å²) in [5.41, 5.74) is 1.47. The number of hydrogen-bond acceptors (Lipinski definition) is 6. The lowest BCUT2D eigenvalue weighted by atomic mass is 9.88. The Morgan fingerprint density at radius 2 is 1.68 bits per heavy atom. The van der Waals surface area contributed by atoms with Gasteiger partial charge < -0.3 is 19.3 Å².